The SMILES string of the molecule is CCOc1ccc(F)cc1C(CN)Cc1ccccc1F. The summed E-state index contributed by atoms with van der Waals surface area (Å²) in [6.45, 7) is 2.63. The van der Waals surface area contributed by atoms with Crippen LogP contribution in [0.5, 0.6) is 5.75 Å². The number of rotatable bonds is 6. The summed E-state index contributed by atoms with van der Waals surface area (Å²) < 4.78 is 32.8. The zero-order valence-electron chi connectivity index (χ0n) is 12.0. The van der Waals surface area contributed by atoms with Gasteiger partial charge >= 0.3 is 0 Å². The molecular formula is C17H19F2NO. The molecule has 4 heteroatoms. The lowest BCUT2D eigenvalue weighted by molar-refractivity contribution is 0.333. The van der Waals surface area contributed by atoms with Crippen molar-refractivity contribution in [1.82, 2.24) is 0 Å². The Balaban J connectivity index is 2.33. The quantitative estimate of drug-likeness (QED) is 0.881. The molecule has 2 aromatic rings. The van der Waals surface area contributed by atoms with E-state index >= 15 is 0 Å². The first-order valence-corrected chi connectivity index (χ1v) is 7.01. The van der Waals surface area contributed by atoms with Gasteiger partial charge in [0.2, 0.25) is 0 Å². The lowest BCUT2D eigenvalue weighted by Crippen LogP contribution is -2.17. The van der Waals surface area contributed by atoms with Gasteiger partial charge in [0.1, 0.15) is 17.4 Å². The topological polar surface area (TPSA) is 35.2 Å². The highest BCUT2D eigenvalue weighted by molar-refractivity contribution is 5.38. The molecular weight excluding hydrogens is 272 g/mol. The molecule has 2 rings (SSSR count). The van der Waals surface area contributed by atoms with Crippen molar-refractivity contribution in [3.63, 3.8) is 0 Å². The van der Waals surface area contributed by atoms with Gasteiger partial charge < -0.3 is 10.5 Å². The smallest absolute Gasteiger partial charge is 0.126 e. The number of hydrogen-bond acceptors (Lipinski definition) is 2. The second-order valence-corrected chi connectivity index (χ2v) is 4.84. The average molecular weight is 291 g/mol. The molecule has 0 aliphatic heterocycles. The minimum Gasteiger partial charge on any atom is -0.494 e. The van der Waals surface area contributed by atoms with Crippen LogP contribution in [0.1, 0.15) is 24.0 Å². The van der Waals surface area contributed by atoms with Gasteiger partial charge in [-0.25, -0.2) is 8.78 Å². The van der Waals surface area contributed by atoms with Gasteiger partial charge in [0.05, 0.1) is 6.61 Å². The van der Waals surface area contributed by atoms with Crippen molar-refractivity contribution in [3.05, 3.63) is 65.2 Å². The Labute approximate surface area is 123 Å². The van der Waals surface area contributed by atoms with Crippen LogP contribution in [-0.2, 0) is 6.42 Å². The van der Waals surface area contributed by atoms with Crippen molar-refractivity contribution in [2.24, 2.45) is 5.73 Å². The number of benzene rings is 2. The van der Waals surface area contributed by atoms with E-state index in [4.69, 9.17) is 10.5 Å². The highest BCUT2D eigenvalue weighted by Gasteiger charge is 2.18. The Hall–Kier alpha value is -1.94. The van der Waals surface area contributed by atoms with Crippen LogP contribution in [0.25, 0.3) is 0 Å². The maximum Gasteiger partial charge on any atom is 0.126 e. The molecule has 2 N–H and O–H groups in total. The summed E-state index contributed by atoms with van der Waals surface area (Å²) in [7, 11) is 0. The summed E-state index contributed by atoms with van der Waals surface area (Å²) in [6, 6.07) is 10.9. The van der Waals surface area contributed by atoms with E-state index in [1.165, 1.54) is 18.2 Å². The molecule has 112 valence electrons. The third-order valence-electron chi connectivity index (χ3n) is 3.42. The predicted octanol–water partition coefficient (Wildman–Crippen LogP) is 3.65. The molecule has 0 radical (unpaired) electrons. The molecule has 0 aliphatic carbocycles. The largest absolute Gasteiger partial charge is 0.494 e. The van der Waals surface area contributed by atoms with Crippen LogP contribution in [0.3, 0.4) is 0 Å². The molecule has 0 aliphatic rings. The summed E-state index contributed by atoms with van der Waals surface area (Å²) in [6.07, 6.45) is 0.409. The van der Waals surface area contributed by atoms with Gasteiger partial charge in [-0.2, -0.15) is 0 Å². The van der Waals surface area contributed by atoms with Crippen LogP contribution in [0.2, 0.25) is 0 Å². The first-order chi connectivity index (χ1) is 10.2. The first-order valence-electron chi connectivity index (χ1n) is 7.01. The van der Waals surface area contributed by atoms with Crippen LogP contribution < -0.4 is 10.5 Å². The van der Waals surface area contributed by atoms with E-state index in [0.29, 0.717) is 29.9 Å². The van der Waals surface area contributed by atoms with Crippen LogP contribution in [0.4, 0.5) is 8.78 Å². The monoisotopic (exact) mass is 291 g/mol. The number of hydrogen-bond donors (Lipinski definition) is 1. The normalized spacial score (nSPS) is 12.2. The van der Waals surface area contributed by atoms with Gasteiger partial charge in [0, 0.05) is 11.5 Å². The van der Waals surface area contributed by atoms with E-state index in [1.54, 1.807) is 24.3 Å². The van der Waals surface area contributed by atoms with Gasteiger partial charge in [-0.1, -0.05) is 18.2 Å². The number of halogens is 2. The van der Waals surface area contributed by atoms with Crippen molar-refractivity contribution in [3.8, 4) is 5.75 Å². The van der Waals surface area contributed by atoms with Gasteiger partial charge in [-0.15, -0.1) is 0 Å². The highest BCUT2D eigenvalue weighted by atomic mass is 19.1. The van der Waals surface area contributed by atoms with E-state index in [0.717, 1.165) is 0 Å². The van der Waals surface area contributed by atoms with E-state index in [-0.39, 0.29) is 24.1 Å². The van der Waals surface area contributed by atoms with Gasteiger partial charge in [-0.3, -0.25) is 0 Å². The second-order valence-electron chi connectivity index (χ2n) is 4.84. The molecule has 1 unspecified atom stereocenters. The Kier molecular flexibility index (Phi) is 5.28. The van der Waals surface area contributed by atoms with Crippen molar-refractivity contribution in [2.45, 2.75) is 19.3 Å². The lowest BCUT2D eigenvalue weighted by atomic mass is 9.91. The third kappa shape index (κ3) is 3.79. The van der Waals surface area contributed by atoms with E-state index in [2.05, 4.69) is 0 Å². The molecule has 1 atom stereocenters. The Morgan fingerprint density at radius 2 is 1.90 bits per heavy atom. The van der Waals surface area contributed by atoms with Crippen molar-refractivity contribution in [2.75, 3.05) is 13.2 Å². The van der Waals surface area contributed by atoms with E-state index < -0.39 is 0 Å². The molecule has 0 bridgehead atoms. The Morgan fingerprint density at radius 1 is 1.14 bits per heavy atom. The van der Waals surface area contributed by atoms with Crippen molar-refractivity contribution >= 4 is 0 Å². The van der Waals surface area contributed by atoms with Crippen LogP contribution >= 0.6 is 0 Å². The summed E-state index contributed by atoms with van der Waals surface area (Å²) in [5, 5.41) is 0. The molecule has 0 saturated carbocycles. The molecule has 0 amide bonds. The Morgan fingerprint density at radius 3 is 2.57 bits per heavy atom. The van der Waals surface area contributed by atoms with Crippen LogP contribution in [0.15, 0.2) is 42.5 Å². The minimum atomic E-state index is -0.347. The summed E-state index contributed by atoms with van der Waals surface area (Å²) in [5.41, 5.74) is 7.07. The maximum absolute atomic E-state index is 13.8. The third-order valence-corrected chi connectivity index (χ3v) is 3.42. The van der Waals surface area contributed by atoms with Gasteiger partial charge in [-0.05, 0) is 49.7 Å². The standard InChI is InChI=1S/C17H19F2NO/c1-2-21-17-8-7-14(18)10-15(17)13(11-20)9-12-5-3-4-6-16(12)19/h3-8,10,13H,2,9,11,20H2,1H3. The zero-order valence-corrected chi connectivity index (χ0v) is 12.0. The average Bonchev–Trinajstić information content (AvgIpc) is 2.49. The summed E-state index contributed by atoms with van der Waals surface area (Å²) in [4.78, 5) is 0. The fourth-order valence-electron chi connectivity index (χ4n) is 2.37. The first kappa shape index (κ1) is 15.4. The van der Waals surface area contributed by atoms with Gasteiger partial charge in [0.25, 0.3) is 0 Å². The van der Waals surface area contributed by atoms with Crippen LogP contribution in [0, 0.1) is 11.6 Å². The summed E-state index contributed by atoms with van der Waals surface area (Å²) in [5.74, 6) is -0.212. The molecule has 0 aromatic heterocycles. The molecule has 0 saturated heterocycles. The second kappa shape index (κ2) is 7.18. The molecule has 21 heavy (non-hydrogen) atoms. The molecule has 0 heterocycles. The molecule has 2 nitrogen and oxygen atoms in total. The lowest BCUT2D eigenvalue weighted by Gasteiger charge is -2.19. The van der Waals surface area contributed by atoms with Crippen molar-refractivity contribution < 1.29 is 13.5 Å². The Bertz CT molecular complexity index is 601. The zero-order chi connectivity index (χ0) is 15.2. The summed E-state index contributed by atoms with van der Waals surface area (Å²) >= 11 is 0. The maximum atomic E-state index is 13.8. The van der Waals surface area contributed by atoms with Gasteiger partial charge in [0.15, 0.2) is 0 Å². The minimum absolute atomic E-state index is 0.195. The molecule has 0 fully saturated rings. The molecule has 2 aromatic carbocycles. The van der Waals surface area contributed by atoms with Crippen LogP contribution in [-0.4, -0.2) is 13.2 Å². The van der Waals surface area contributed by atoms with Crippen molar-refractivity contribution in [1.29, 1.82) is 0 Å². The fourth-order valence-corrected chi connectivity index (χ4v) is 2.37. The number of nitrogens with two attached hydrogens (primary N) is 1. The highest BCUT2D eigenvalue weighted by Crippen LogP contribution is 2.30. The molecule has 0 spiro atoms. The van der Waals surface area contributed by atoms with E-state index in [9.17, 15) is 8.78 Å². The number of ether oxygens (including phenoxy) is 1. The van der Waals surface area contributed by atoms with E-state index in [1.807, 2.05) is 6.92 Å². The predicted molar refractivity (Wildman–Crippen MR) is 79.5 cm³/mol. The fraction of sp³-hybridized carbons (Fsp3) is 0.294.